The third-order valence-corrected chi connectivity index (χ3v) is 5.09. The number of thioether (sulfide) groups is 1. The quantitative estimate of drug-likeness (QED) is 0.900. The second kappa shape index (κ2) is 6.04. The molecule has 1 N–H and O–H groups in total. The molecule has 0 spiro atoms. The van der Waals surface area contributed by atoms with Crippen molar-refractivity contribution < 1.29 is 18.0 Å². The summed E-state index contributed by atoms with van der Waals surface area (Å²) in [4.78, 5) is 17.2. The summed E-state index contributed by atoms with van der Waals surface area (Å²) in [6, 6.07) is -0.257. The molecule has 21 heavy (non-hydrogen) atoms. The van der Waals surface area contributed by atoms with E-state index in [0.717, 1.165) is 22.5 Å². The molecule has 0 unspecified atom stereocenters. The number of carbonyl (C=O) groups excluding carboxylic acids is 1. The van der Waals surface area contributed by atoms with Gasteiger partial charge < -0.3 is 10.2 Å². The van der Waals surface area contributed by atoms with Crippen LogP contribution in [0.5, 0.6) is 0 Å². The van der Waals surface area contributed by atoms with Crippen LogP contribution in [-0.2, 0) is 12.7 Å². The molecule has 0 bridgehead atoms. The largest absolute Gasteiger partial charge is 0.434 e. The van der Waals surface area contributed by atoms with Crippen molar-refractivity contribution in [1.82, 2.24) is 15.2 Å². The van der Waals surface area contributed by atoms with Crippen molar-refractivity contribution in [1.29, 1.82) is 0 Å². The molecule has 0 aliphatic carbocycles. The van der Waals surface area contributed by atoms with E-state index in [9.17, 15) is 18.0 Å². The molecule has 118 valence electrons. The molecule has 9 heteroatoms. The van der Waals surface area contributed by atoms with Crippen molar-refractivity contribution in [2.45, 2.75) is 31.3 Å². The van der Waals surface area contributed by atoms with Gasteiger partial charge in [-0.3, -0.25) is 0 Å². The summed E-state index contributed by atoms with van der Waals surface area (Å²) in [7, 11) is 0. The molecule has 0 saturated carbocycles. The van der Waals surface area contributed by atoms with Gasteiger partial charge in [0.2, 0.25) is 0 Å². The van der Waals surface area contributed by atoms with E-state index in [0.29, 0.717) is 13.1 Å². The maximum absolute atomic E-state index is 12.4. The first-order valence-corrected chi connectivity index (χ1v) is 8.22. The number of nitrogens with zero attached hydrogens (tertiary/aromatic N) is 2. The fourth-order valence-corrected chi connectivity index (χ4v) is 3.83. The number of urea groups is 1. The number of hydrogen-bond acceptors (Lipinski definition) is 4. The number of alkyl halides is 3. The number of halogens is 3. The Bertz CT molecular complexity index is 516. The SMILES string of the molecule is CC1(C)CN(C(=O)NCc2nc(C(F)(F)F)cs2)CCS1. The highest BCUT2D eigenvalue weighted by molar-refractivity contribution is 8.00. The Kier molecular flexibility index (Phi) is 4.72. The van der Waals surface area contributed by atoms with E-state index in [1.54, 1.807) is 16.7 Å². The molecule has 1 fully saturated rings. The summed E-state index contributed by atoms with van der Waals surface area (Å²) in [5.74, 6) is 0.857. The first-order valence-electron chi connectivity index (χ1n) is 6.36. The van der Waals surface area contributed by atoms with Crippen molar-refractivity contribution >= 4 is 29.1 Å². The van der Waals surface area contributed by atoms with Crippen LogP contribution in [0.3, 0.4) is 0 Å². The highest BCUT2D eigenvalue weighted by Crippen LogP contribution is 2.30. The minimum Gasteiger partial charge on any atom is -0.331 e. The Balaban J connectivity index is 1.88. The topological polar surface area (TPSA) is 45.2 Å². The van der Waals surface area contributed by atoms with E-state index in [1.807, 2.05) is 0 Å². The summed E-state index contributed by atoms with van der Waals surface area (Å²) in [6.07, 6.45) is -4.44. The fraction of sp³-hybridized carbons (Fsp3) is 0.667. The number of thiazole rings is 1. The molecule has 1 aliphatic rings. The maximum Gasteiger partial charge on any atom is 0.434 e. The molecular weight excluding hydrogens is 323 g/mol. The van der Waals surface area contributed by atoms with Gasteiger partial charge in [0.15, 0.2) is 5.69 Å². The van der Waals surface area contributed by atoms with E-state index < -0.39 is 11.9 Å². The third-order valence-electron chi connectivity index (χ3n) is 2.95. The average molecular weight is 339 g/mol. The predicted molar refractivity (Wildman–Crippen MR) is 77.5 cm³/mol. The monoisotopic (exact) mass is 339 g/mol. The Morgan fingerprint density at radius 3 is 2.81 bits per heavy atom. The van der Waals surface area contributed by atoms with E-state index in [4.69, 9.17) is 0 Å². The van der Waals surface area contributed by atoms with Crippen LogP contribution >= 0.6 is 23.1 Å². The summed E-state index contributed by atoms with van der Waals surface area (Å²) in [6.45, 7) is 5.41. The number of nitrogens with one attached hydrogen (secondary N) is 1. The summed E-state index contributed by atoms with van der Waals surface area (Å²) in [5.41, 5.74) is -0.910. The van der Waals surface area contributed by atoms with Crippen LogP contribution < -0.4 is 5.32 Å². The molecule has 1 aromatic rings. The molecule has 2 rings (SSSR count). The number of amides is 2. The number of aromatic nitrogens is 1. The van der Waals surface area contributed by atoms with Crippen LogP contribution in [0, 0.1) is 0 Å². The van der Waals surface area contributed by atoms with E-state index >= 15 is 0 Å². The van der Waals surface area contributed by atoms with Crippen LogP contribution in [0.1, 0.15) is 24.5 Å². The van der Waals surface area contributed by atoms with Crippen LogP contribution in [0.15, 0.2) is 5.38 Å². The van der Waals surface area contributed by atoms with Gasteiger partial charge in [-0.05, 0) is 13.8 Å². The maximum atomic E-state index is 12.4. The Morgan fingerprint density at radius 2 is 2.24 bits per heavy atom. The van der Waals surface area contributed by atoms with E-state index in [-0.39, 0.29) is 22.3 Å². The van der Waals surface area contributed by atoms with Crippen molar-refractivity contribution in [2.75, 3.05) is 18.8 Å². The highest BCUT2D eigenvalue weighted by Gasteiger charge is 2.34. The summed E-state index contributed by atoms with van der Waals surface area (Å²) < 4.78 is 37.3. The smallest absolute Gasteiger partial charge is 0.331 e. The summed E-state index contributed by atoms with van der Waals surface area (Å²) in [5, 5.41) is 3.84. The standard InChI is InChI=1S/C12H16F3N3OS2/c1-11(2)7-18(3-4-21-11)10(19)16-5-9-17-8(6-20-9)12(13,14)15/h6H,3-5,7H2,1-2H3,(H,16,19). The van der Waals surface area contributed by atoms with Crippen LogP contribution in [0.25, 0.3) is 0 Å². The lowest BCUT2D eigenvalue weighted by atomic mass is 10.2. The molecule has 1 saturated heterocycles. The summed E-state index contributed by atoms with van der Waals surface area (Å²) >= 11 is 2.70. The normalized spacial score (nSPS) is 18.6. The molecule has 0 aromatic carbocycles. The van der Waals surface area contributed by atoms with Gasteiger partial charge >= 0.3 is 12.2 Å². The number of rotatable bonds is 2. The van der Waals surface area contributed by atoms with Gasteiger partial charge in [-0.25, -0.2) is 9.78 Å². The molecule has 4 nitrogen and oxygen atoms in total. The van der Waals surface area contributed by atoms with E-state index in [2.05, 4.69) is 24.1 Å². The minimum absolute atomic E-state index is 0.000224. The molecule has 1 aliphatic heterocycles. The number of hydrogen-bond donors (Lipinski definition) is 1. The van der Waals surface area contributed by atoms with Crippen molar-refractivity contribution in [2.24, 2.45) is 0 Å². The minimum atomic E-state index is -4.44. The van der Waals surface area contributed by atoms with Gasteiger partial charge in [-0.1, -0.05) is 0 Å². The average Bonchev–Trinajstić information content (AvgIpc) is 2.83. The van der Waals surface area contributed by atoms with Gasteiger partial charge in [0.05, 0.1) is 6.54 Å². The number of carbonyl (C=O) groups is 1. The van der Waals surface area contributed by atoms with Gasteiger partial charge in [0.25, 0.3) is 0 Å². The lowest BCUT2D eigenvalue weighted by Crippen LogP contribution is -2.49. The molecular formula is C12H16F3N3OS2. The second-order valence-corrected chi connectivity index (χ2v) is 8.06. The van der Waals surface area contributed by atoms with Crippen molar-refractivity contribution in [3.63, 3.8) is 0 Å². The van der Waals surface area contributed by atoms with Crippen molar-refractivity contribution in [3.05, 3.63) is 16.1 Å². The van der Waals surface area contributed by atoms with Crippen LogP contribution in [0.4, 0.5) is 18.0 Å². The first kappa shape index (κ1) is 16.4. The third kappa shape index (κ3) is 4.50. The Morgan fingerprint density at radius 1 is 1.52 bits per heavy atom. The van der Waals surface area contributed by atoms with Crippen LogP contribution in [0.2, 0.25) is 0 Å². The molecule has 1 aromatic heterocycles. The van der Waals surface area contributed by atoms with Crippen LogP contribution in [-0.4, -0.2) is 39.5 Å². The zero-order chi connectivity index (χ0) is 15.7. The molecule has 2 amide bonds. The molecule has 2 heterocycles. The van der Waals surface area contributed by atoms with Gasteiger partial charge in [0.1, 0.15) is 5.01 Å². The van der Waals surface area contributed by atoms with Gasteiger partial charge in [-0.15, -0.1) is 11.3 Å². The zero-order valence-electron chi connectivity index (χ0n) is 11.7. The van der Waals surface area contributed by atoms with Crippen molar-refractivity contribution in [3.8, 4) is 0 Å². The highest BCUT2D eigenvalue weighted by atomic mass is 32.2. The Hall–Kier alpha value is -0.960. The fourth-order valence-electron chi connectivity index (χ4n) is 1.98. The molecule has 0 radical (unpaired) electrons. The lowest BCUT2D eigenvalue weighted by Gasteiger charge is -2.37. The second-order valence-electron chi connectivity index (χ2n) is 5.31. The predicted octanol–water partition coefficient (Wildman–Crippen LogP) is 3.20. The Labute approximate surface area is 129 Å². The van der Waals surface area contributed by atoms with Gasteiger partial charge in [-0.2, -0.15) is 24.9 Å². The van der Waals surface area contributed by atoms with E-state index in [1.165, 1.54) is 0 Å². The molecule has 0 atom stereocenters. The zero-order valence-corrected chi connectivity index (χ0v) is 13.3. The van der Waals surface area contributed by atoms with Gasteiger partial charge in [0, 0.05) is 29.0 Å². The first-order chi connectivity index (χ1) is 9.67. The lowest BCUT2D eigenvalue weighted by molar-refractivity contribution is -0.140.